The van der Waals surface area contributed by atoms with Crippen LogP contribution in [0.2, 0.25) is 5.02 Å². The van der Waals surface area contributed by atoms with Gasteiger partial charge in [0, 0.05) is 30.8 Å². The summed E-state index contributed by atoms with van der Waals surface area (Å²) in [6.07, 6.45) is 0.302. The number of halogens is 1. The van der Waals surface area contributed by atoms with E-state index in [-0.39, 0.29) is 5.91 Å². The van der Waals surface area contributed by atoms with Crippen molar-refractivity contribution in [2.45, 2.75) is 19.4 Å². The summed E-state index contributed by atoms with van der Waals surface area (Å²) in [5.41, 5.74) is 1.17. The van der Waals surface area contributed by atoms with E-state index in [1.807, 2.05) is 25.2 Å². The van der Waals surface area contributed by atoms with Crippen molar-refractivity contribution in [3.05, 3.63) is 59.6 Å². The maximum Gasteiger partial charge on any atom is 0.260 e. The van der Waals surface area contributed by atoms with Crippen LogP contribution in [0.1, 0.15) is 13.3 Å². The second-order valence-corrected chi connectivity index (χ2v) is 6.06. The van der Waals surface area contributed by atoms with E-state index in [0.29, 0.717) is 17.3 Å². The fourth-order valence-corrected chi connectivity index (χ4v) is 2.46. The van der Waals surface area contributed by atoms with Crippen molar-refractivity contribution in [2.75, 3.05) is 25.0 Å². The molecule has 2 aromatic rings. The van der Waals surface area contributed by atoms with Crippen LogP contribution in [0.15, 0.2) is 54.6 Å². The van der Waals surface area contributed by atoms with Gasteiger partial charge in [-0.15, -0.1) is 0 Å². The fourth-order valence-electron chi connectivity index (χ4n) is 2.28. The van der Waals surface area contributed by atoms with Crippen molar-refractivity contribution in [1.82, 2.24) is 5.32 Å². The van der Waals surface area contributed by atoms with Crippen molar-refractivity contribution in [2.24, 2.45) is 0 Å². The minimum atomic E-state index is -0.560. The predicted molar refractivity (Wildman–Crippen MR) is 98.9 cm³/mol. The quantitative estimate of drug-likeness (QED) is 0.740. The number of carbonyl (C=O) groups is 1. The minimum absolute atomic E-state index is 0.127. The van der Waals surface area contributed by atoms with Crippen molar-refractivity contribution in [3.8, 4) is 5.75 Å². The summed E-state index contributed by atoms with van der Waals surface area (Å²) in [5, 5.41) is 3.49. The molecule has 1 atom stereocenters. The number of amides is 1. The van der Waals surface area contributed by atoms with Gasteiger partial charge in [0.05, 0.1) is 0 Å². The van der Waals surface area contributed by atoms with E-state index in [0.717, 1.165) is 13.0 Å². The van der Waals surface area contributed by atoms with Crippen molar-refractivity contribution < 1.29 is 9.53 Å². The van der Waals surface area contributed by atoms with Gasteiger partial charge in [-0.1, -0.05) is 35.9 Å². The number of nitrogens with one attached hydrogen (secondary N) is 1. The molecule has 0 bridgehead atoms. The zero-order valence-corrected chi connectivity index (χ0v) is 14.8. The van der Waals surface area contributed by atoms with Crippen LogP contribution in [0.25, 0.3) is 0 Å². The van der Waals surface area contributed by atoms with Gasteiger partial charge in [0.15, 0.2) is 6.10 Å². The molecule has 1 unspecified atom stereocenters. The van der Waals surface area contributed by atoms with Gasteiger partial charge in [0.2, 0.25) is 0 Å². The lowest BCUT2D eigenvalue weighted by Gasteiger charge is -2.19. The average molecular weight is 347 g/mol. The molecule has 4 nitrogen and oxygen atoms in total. The molecule has 0 saturated heterocycles. The Morgan fingerprint density at radius 3 is 2.67 bits per heavy atom. The molecule has 1 N–H and O–H groups in total. The maximum absolute atomic E-state index is 12.1. The number of rotatable bonds is 8. The van der Waals surface area contributed by atoms with Crippen LogP contribution in [0.5, 0.6) is 5.75 Å². The smallest absolute Gasteiger partial charge is 0.260 e. The molecule has 128 valence electrons. The Morgan fingerprint density at radius 1 is 1.21 bits per heavy atom. The molecular formula is C19H23ClN2O2. The SMILES string of the molecule is CC(Oc1cccc(Cl)c1)C(=O)NCCCN(C)c1ccccc1. The molecule has 0 radical (unpaired) electrons. The highest BCUT2D eigenvalue weighted by Gasteiger charge is 2.14. The molecule has 0 aliphatic heterocycles. The number of benzene rings is 2. The van der Waals surface area contributed by atoms with Crippen LogP contribution in [-0.4, -0.2) is 32.1 Å². The third kappa shape index (κ3) is 5.78. The third-order valence-electron chi connectivity index (χ3n) is 3.64. The van der Waals surface area contributed by atoms with Gasteiger partial charge in [-0.05, 0) is 43.7 Å². The first-order valence-corrected chi connectivity index (χ1v) is 8.40. The van der Waals surface area contributed by atoms with Crippen LogP contribution in [0.4, 0.5) is 5.69 Å². The summed E-state index contributed by atoms with van der Waals surface area (Å²) in [6.45, 7) is 3.21. The zero-order valence-electron chi connectivity index (χ0n) is 14.0. The molecule has 0 aromatic heterocycles. The minimum Gasteiger partial charge on any atom is -0.481 e. The molecule has 0 aliphatic carbocycles. The first-order chi connectivity index (χ1) is 11.6. The van der Waals surface area contributed by atoms with Crippen LogP contribution in [0, 0.1) is 0 Å². The Kier molecular flexibility index (Phi) is 6.94. The highest BCUT2D eigenvalue weighted by Crippen LogP contribution is 2.18. The van der Waals surface area contributed by atoms with Crippen LogP contribution in [0.3, 0.4) is 0 Å². The van der Waals surface area contributed by atoms with Gasteiger partial charge in [-0.25, -0.2) is 0 Å². The normalized spacial score (nSPS) is 11.6. The van der Waals surface area contributed by atoms with E-state index >= 15 is 0 Å². The summed E-state index contributed by atoms with van der Waals surface area (Å²) in [6, 6.07) is 17.2. The zero-order chi connectivity index (χ0) is 17.4. The van der Waals surface area contributed by atoms with Gasteiger partial charge >= 0.3 is 0 Å². The molecule has 0 saturated carbocycles. The number of hydrogen-bond donors (Lipinski definition) is 1. The lowest BCUT2D eigenvalue weighted by Crippen LogP contribution is -2.37. The lowest BCUT2D eigenvalue weighted by molar-refractivity contribution is -0.127. The number of anilines is 1. The van der Waals surface area contributed by atoms with Gasteiger partial charge in [0.25, 0.3) is 5.91 Å². The number of hydrogen-bond acceptors (Lipinski definition) is 3. The van der Waals surface area contributed by atoms with E-state index in [9.17, 15) is 4.79 Å². The summed E-state index contributed by atoms with van der Waals surface area (Å²) in [7, 11) is 2.04. The Morgan fingerprint density at radius 2 is 1.96 bits per heavy atom. The molecule has 5 heteroatoms. The van der Waals surface area contributed by atoms with Crippen molar-refractivity contribution in [1.29, 1.82) is 0 Å². The lowest BCUT2D eigenvalue weighted by atomic mass is 10.3. The number of nitrogens with zero attached hydrogens (tertiary/aromatic N) is 1. The Balaban J connectivity index is 1.69. The Labute approximate surface area is 148 Å². The van der Waals surface area contributed by atoms with Gasteiger partial charge in [-0.3, -0.25) is 4.79 Å². The highest BCUT2D eigenvalue weighted by molar-refractivity contribution is 6.30. The Hall–Kier alpha value is -2.20. The second-order valence-electron chi connectivity index (χ2n) is 5.62. The Bertz CT molecular complexity index is 649. The van der Waals surface area contributed by atoms with E-state index < -0.39 is 6.10 Å². The maximum atomic E-state index is 12.1. The van der Waals surface area contributed by atoms with E-state index in [4.69, 9.17) is 16.3 Å². The molecule has 0 heterocycles. The van der Waals surface area contributed by atoms with Gasteiger partial charge in [-0.2, -0.15) is 0 Å². The van der Waals surface area contributed by atoms with E-state index in [2.05, 4.69) is 22.3 Å². The predicted octanol–water partition coefficient (Wildman–Crippen LogP) is 3.75. The first kappa shape index (κ1) is 18.1. The van der Waals surface area contributed by atoms with Gasteiger partial charge in [0.1, 0.15) is 5.75 Å². The fraction of sp³-hybridized carbons (Fsp3) is 0.316. The number of carbonyl (C=O) groups excluding carboxylic acids is 1. The van der Waals surface area contributed by atoms with Crippen LogP contribution < -0.4 is 15.0 Å². The summed E-state index contributed by atoms with van der Waals surface area (Å²) >= 11 is 5.91. The summed E-state index contributed by atoms with van der Waals surface area (Å²) in [4.78, 5) is 14.2. The van der Waals surface area contributed by atoms with Gasteiger partial charge < -0.3 is 15.0 Å². The number of para-hydroxylation sites is 1. The molecule has 0 aliphatic rings. The van der Waals surface area contributed by atoms with E-state index in [1.165, 1.54) is 5.69 Å². The highest BCUT2D eigenvalue weighted by atomic mass is 35.5. The standard InChI is InChI=1S/C19H23ClN2O2/c1-15(24-18-11-6-8-16(20)14-18)19(23)21-12-7-13-22(2)17-9-4-3-5-10-17/h3-6,8-11,14-15H,7,12-13H2,1-2H3,(H,21,23). The second kappa shape index (κ2) is 9.18. The first-order valence-electron chi connectivity index (χ1n) is 8.02. The monoisotopic (exact) mass is 346 g/mol. The summed E-state index contributed by atoms with van der Waals surface area (Å²) in [5.74, 6) is 0.464. The average Bonchev–Trinajstić information content (AvgIpc) is 2.59. The van der Waals surface area contributed by atoms with Crippen LogP contribution in [-0.2, 0) is 4.79 Å². The van der Waals surface area contributed by atoms with Crippen LogP contribution >= 0.6 is 11.6 Å². The van der Waals surface area contributed by atoms with E-state index in [1.54, 1.807) is 31.2 Å². The number of ether oxygens (including phenoxy) is 1. The third-order valence-corrected chi connectivity index (χ3v) is 3.88. The largest absolute Gasteiger partial charge is 0.481 e. The molecule has 2 aromatic carbocycles. The molecule has 24 heavy (non-hydrogen) atoms. The molecule has 0 spiro atoms. The van der Waals surface area contributed by atoms with Crippen molar-refractivity contribution in [3.63, 3.8) is 0 Å². The molecule has 0 fully saturated rings. The molecular weight excluding hydrogens is 324 g/mol. The molecule has 2 rings (SSSR count). The van der Waals surface area contributed by atoms with Crippen molar-refractivity contribution >= 4 is 23.2 Å². The summed E-state index contributed by atoms with van der Waals surface area (Å²) < 4.78 is 5.60. The topological polar surface area (TPSA) is 41.6 Å². The molecule has 1 amide bonds.